The summed E-state index contributed by atoms with van der Waals surface area (Å²) in [5.74, 6) is -1.84. The van der Waals surface area contributed by atoms with E-state index >= 15 is 0 Å². The molecule has 0 spiro atoms. The average Bonchev–Trinajstić information content (AvgIpc) is 2.40. The van der Waals surface area contributed by atoms with Crippen LogP contribution in [0.25, 0.3) is 0 Å². The van der Waals surface area contributed by atoms with Crippen LogP contribution in [-0.4, -0.2) is 11.1 Å². The average molecular weight is 258 g/mol. The van der Waals surface area contributed by atoms with E-state index in [1.807, 2.05) is 6.07 Å². The van der Waals surface area contributed by atoms with Gasteiger partial charge in [-0.1, -0.05) is 42.5 Å². The number of carboxylic acids is 1. The van der Waals surface area contributed by atoms with E-state index in [1.54, 1.807) is 43.3 Å². The number of aryl methyl sites for hydroxylation is 1. The summed E-state index contributed by atoms with van der Waals surface area (Å²) in [7, 11) is 0. The predicted molar refractivity (Wildman–Crippen MR) is 71.7 cm³/mol. The zero-order chi connectivity index (χ0) is 13.8. The zero-order valence-electron chi connectivity index (χ0n) is 10.6. The Morgan fingerprint density at radius 2 is 1.89 bits per heavy atom. The van der Waals surface area contributed by atoms with E-state index in [9.17, 15) is 14.3 Å². The molecule has 0 amide bonds. The van der Waals surface area contributed by atoms with E-state index in [-0.39, 0.29) is 12.2 Å². The molecule has 0 aliphatic rings. The fourth-order valence-corrected chi connectivity index (χ4v) is 2.03. The van der Waals surface area contributed by atoms with Crippen LogP contribution in [0.15, 0.2) is 48.5 Å². The molecule has 0 saturated carbocycles. The van der Waals surface area contributed by atoms with Crippen LogP contribution in [0, 0.1) is 12.7 Å². The molecule has 2 aromatic carbocycles. The second kappa shape index (κ2) is 5.65. The molecular weight excluding hydrogens is 243 g/mol. The second-order valence-electron chi connectivity index (χ2n) is 4.59. The van der Waals surface area contributed by atoms with Crippen molar-refractivity contribution in [1.82, 2.24) is 0 Å². The number of carboxylic acid groups (broad SMARTS) is 1. The van der Waals surface area contributed by atoms with Crippen LogP contribution in [0.5, 0.6) is 0 Å². The molecule has 1 atom stereocenters. The van der Waals surface area contributed by atoms with Gasteiger partial charge >= 0.3 is 5.97 Å². The first-order valence-electron chi connectivity index (χ1n) is 6.10. The smallest absolute Gasteiger partial charge is 0.311 e. The Morgan fingerprint density at radius 1 is 1.21 bits per heavy atom. The van der Waals surface area contributed by atoms with Gasteiger partial charge < -0.3 is 5.11 Å². The lowest BCUT2D eigenvalue weighted by atomic mass is 9.92. The van der Waals surface area contributed by atoms with Gasteiger partial charge in [-0.25, -0.2) is 4.39 Å². The normalized spacial score (nSPS) is 12.1. The third kappa shape index (κ3) is 3.19. The van der Waals surface area contributed by atoms with Crippen molar-refractivity contribution in [3.8, 4) is 0 Å². The Kier molecular flexibility index (Phi) is 3.95. The maximum absolute atomic E-state index is 13.5. The lowest BCUT2D eigenvalue weighted by molar-refractivity contribution is -0.138. The molecule has 2 nitrogen and oxygen atoms in total. The summed E-state index contributed by atoms with van der Waals surface area (Å²) in [6.07, 6.45) is 0.288. The summed E-state index contributed by atoms with van der Waals surface area (Å²) in [5, 5.41) is 9.32. The lowest BCUT2D eigenvalue weighted by Gasteiger charge is -2.13. The van der Waals surface area contributed by atoms with E-state index in [0.717, 1.165) is 5.56 Å². The Labute approximate surface area is 111 Å². The van der Waals surface area contributed by atoms with Gasteiger partial charge in [0.15, 0.2) is 0 Å². The van der Waals surface area contributed by atoms with Crippen LogP contribution in [0.2, 0.25) is 0 Å². The number of benzene rings is 2. The van der Waals surface area contributed by atoms with Crippen molar-refractivity contribution >= 4 is 5.97 Å². The minimum atomic E-state index is -0.896. The van der Waals surface area contributed by atoms with Gasteiger partial charge in [-0.15, -0.1) is 0 Å². The molecular formula is C16H15FO2. The van der Waals surface area contributed by atoms with Gasteiger partial charge in [0.05, 0.1) is 5.92 Å². The number of halogens is 1. The van der Waals surface area contributed by atoms with Crippen LogP contribution in [0.1, 0.15) is 22.6 Å². The molecule has 3 heteroatoms. The van der Waals surface area contributed by atoms with Gasteiger partial charge in [0, 0.05) is 0 Å². The molecule has 2 aromatic rings. The Morgan fingerprint density at radius 3 is 2.47 bits per heavy atom. The molecule has 0 heterocycles. The van der Waals surface area contributed by atoms with E-state index in [4.69, 9.17) is 0 Å². The molecule has 0 aliphatic heterocycles. The van der Waals surface area contributed by atoms with Crippen molar-refractivity contribution in [3.63, 3.8) is 0 Å². The monoisotopic (exact) mass is 258 g/mol. The van der Waals surface area contributed by atoms with Gasteiger partial charge in [-0.05, 0) is 36.1 Å². The molecule has 2 rings (SSSR count). The molecule has 0 fully saturated rings. The number of hydrogen-bond acceptors (Lipinski definition) is 1. The Hall–Kier alpha value is -2.16. The molecule has 0 aliphatic carbocycles. The number of aliphatic carboxylic acids is 1. The van der Waals surface area contributed by atoms with Gasteiger partial charge in [0.1, 0.15) is 5.82 Å². The maximum atomic E-state index is 13.5. The topological polar surface area (TPSA) is 37.3 Å². The number of rotatable bonds is 4. The van der Waals surface area contributed by atoms with Crippen LogP contribution >= 0.6 is 0 Å². The summed E-state index contributed by atoms with van der Waals surface area (Å²) < 4.78 is 13.5. The molecule has 0 bridgehead atoms. The van der Waals surface area contributed by atoms with Crippen LogP contribution < -0.4 is 0 Å². The van der Waals surface area contributed by atoms with Gasteiger partial charge in [0.2, 0.25) is 0 Å². The highest BCUT2D eigenvalue weighted by atomic mass is 19.1. The van der Waals surface area contributed by atoms with Crippen molar-refractivity contribution in [2.45, 2.75) is 19.3 Å². The Bertz CT molecular complexity index is 579. The minimum Gasteiger partial charge on any atom is -0.481 e. The van der Waals surface area contributed by atoms with E-state index in [1.165, 1.54) is 6.07 Å². The zero-order valence-corrected chi connectivity index (χ0v) is 10.6. The van der Waals surface area contributed by atoms with Crippen LogP contribution in [-0.2, 0) is 11.2 Å². The summed E-state index contributed by atoms with van der Waals surface area (Å²) in [6.45, 7) is 1.69. The fraction of sp³-hybridized carbons (Fsp3) is 0.188. The molecule has 1 N–H and O–H groups in total. The van der Waals surface area contributed by atoms with Crippen molar-refractivity contribution in [2.75, 3.05) is 0 Å². The highest BCUT2D eigenvalue weighted by Crippen LogP contribution is 2.22. The van der Waals surface area contributed by atoms with Gasteiger partial charge in [-0.2, -0.15) is 0 Å². The molecule has 0 radical (unpaired) electrons. The van der Waals surface area contributed by atoms with Crippen LogP contribution in [0.3, 0.4) is 0 Å². The van der Waals surface area contributed by atoms with Crippen molar-refractivity contribution in [1.29, 1.82) is 0 Å². The van der Waals surface area contributed by atoms with E-state index < -0.39 is 11.9 Å². The molecule has 0 aromatic heterocycles. The number of hydrogen-bond donors (Lipinski definition) is 1. The first kappa shape index (κ1) is 13.3. The molecule has 19 heavy (non-hydrogen) atoms. The minimum absolute atomic E-state index is 0.288. The summed E-state index contributed by atoms with van der Waals surface area (Å²) >= 11 is 0. The van der Waals surface area contributed by atoms with Crippen LogP contribution in [0.4, 0.5) is 4.39 Å². The first-order chi connectivity index (χ1) is 9.08. The Balaban J connectivity index is 2.27. The quantitative estimate of drug-likeness (QED) is 0.910. The molecule has 1 unspecified atom stereocenters. The van der Waals surface area contributed by atoms with E-state index in [2.05, 4.69) is 0 Å². The van der Waals surface area contributed by atoms with Crippen molar-refractivity contribution in [3.05, 3.63) is 71.0 Å². The second-order valence-corrected chi connectivity index (χ2v) is 4.59. The van der Waals surface area contributed by atoms with Gasteiger partial charge in [0.25, 0.3) is 0 Å². The maximum Gasteiger partial charge on any atom is 0.311 e. The number of carbonyl (C=O) groups is 1. The molecule has 98 valence electrons. The van der Waals surface area contributed by atoms with Crippen molar-refractivity contribution < 1.29 is 14.3 Å². The third-order valence-electron chi connectivity index (χ3n) is 3.18. The van der Waals surface area contributed by atoms with Gasteiger partial charge in [-0.3, -0.25) is 4.79 Å². The largest absolute Gasteiger partial charge is 0.481 e. The summed E-state index contributed by atoms with van der Waals surface area (Å²) in [6, 6.07) is 13.9. The molecule has 0 saturated heterocycles. The predicted octanol–water partition coefficient (Wildman–Crippen LogP) is 3.55. The highest BCUT2D eigenvalue weighted by Gasteiger charge is 2.20. The van der Waals surface area contributed by atoms with Crippen molar-refractivity contribution in [2.24, 2.45) is 0 Å². The third-order valence-corrected chi connectivity index (χ3v) is 3.18. The standard InChI is InChI=1S/C16H15FO2/c1-11-7-8-12(10-15(11)17)9-14(16(18)19)13-5-3-2-4-6-13/h2-8,10,14H,9H2,1H3,(H,18,19). The summed E-state index contributed by atoms with van der Waals surface area (Å²) in [4.78, 5) is 11.4. The SMILES string of the molecule is Cc1ccc(CC(C(=O)O)c2ccccc2)cc1F. The first-order valence-corrected chi connectivity index (χ1v) is 6.10. The summed E-state index contributed by atoms with van der Waals surface area (Å²) in [5.41, 5.74) is 1.99. The van der Waals surface area contributed by atoms with E-state index in [0.29, 0.717) is 11.1 Å². The fourth-order valence-electron chi connectivity index (χ4n) is 2.03. The highest BCUT2D eigenvalue weighted by molar-refractivity contribution is 5.76. The lowest BCUT2D eigenvalue weighted by Crippen LogP contribution is -2.14.